The number of aromatic nitrogens is 3. The van der Waals surface area contributed by atoms with Gasteiger partial charge in [0.1, 0.15) is 17.7 Å². The first kappa shape index (κ1) is 29.9. The molecule has 0 N–H and O–H groups in total. The van der Waals surface area contributed by atoms with E-state index in [2.05, 4.69) is 10.3 Å². The Hall–Kier alpha value is -6.06. The molecule has 0 bridgehead atoms. The van der Waals surface area contributed by atoms with E-state index in [0.29, 0.717) is 22.3 Å². The van der Waals surface area contributed by atoms with E-state index in [1.54, 1.807) is 72.9 Å². The third-order valence-corrected chi connectivity index (χ3v) is 6.25. The first-order valence-electron chi connectivity index (χ1n) is 13.0. The number of benzene rings is 4. The number of ketones is 2. The van der Waals surface area contributed by atoms with Crippen LogP contribution in [0.3, 0.4) is 0 Å². The predicted molar refractivity (Wildman–Crippen MR) is 155 cm³/mol. The maximum absolute atomic E-state index is 13.0. The molecule has 1 atom stereocenters. The summed E-state index contributed by atoms with van der Waals surface area (Å²) in [7, 11) is 0. The quantitative estimate of drug-likeness (QED) is 0.160. The molecular weight excluding hydrogens is 548 g/mol. The Bertz CT molecular complexity index is 1780. The number of nitrogens with zero attached hydrogens (tertiary/aromatic N) is 5. The first-order valence-corrected chi connectivity index (χ1v) is 13.0. The number of halogens is 2. The van der Waals surface area contributed by atoms with Crippen LogP contribution in [0, 0.1) is 34.3 Å². The highest BCUT2D eigenvalue weighted by atomic mass is 19.1. The molecular formula is C34H23F2N5O2. The van der Waals surface area contributed by atoms with Crippen molar-refractivity contribution in [1.82, 2.24) is 15.0 Å². The molecule has 0 saturated carbocycles. The molecule has 0 radical (unpaired) electrons. The van der Waals surface area contributed by atoms with Crippen LogP contribution in [0.25, 0.3) is 6.08 Å². The minimum Gasteiger partial charge on any atom is -0.297 e. The smallest absolute Gasteiger partial charge is 0.185 e. The first-order chi connectivity index (χ1) is 20.9. The van der Waals surface area contributed by atoms with E-state index < -0.39 is 6.04 Å². The highest BCUT2D eigenvalue weighted by Gasteiger charge is 2.23. The summed E-state index contributed by atoms with van der Waals surface area (Å²) in [5.74, 6) is -1.00. The Morgan fingerprint density at radius 1 is 0.791 bits per heavy atom. The minimum absolute atomic E-state index is 0.100. The summed E-state index contributed by atoms with van der Waals surface area (Å²) in [5, 5.41) is 25.3. The molecule has 0 fully saturated rings. The minimum atomic E-state index is -0.648. The van der Waals surface area contributed by atoms with E-state index >= 15 is 0 Å². The summed E-state index contributed by atoms with van der Waals surface area (Å²) in [5.41, 5.74) is 3.79. The lowest BCUT2D eigenvalue weighted by Gasteiger charge is -2.16. The maximum Gasteiger partial charge on any atom is 0.185 e. The number of hydrogen-bond donors (Lipinski definition) is 0. The monoisotopic (exact) mass is 571 g/mol. The van der Waals surface area contributed by atoms with Crippen molar-refractivity contribution in [3.8, 4) is 12.1 Å². The number of carbonyl (C=O) groups excluding carboxylic acids is 2. The van der Waals surface area contributed by atoms with Crippen molar-refractivity contribution in [3.63, 3.8) is 0 Å². The fourth-order valence-corrected chi connectivity index (χ4v) is 4.03. The fourth-order valence-electron chi connectivity index (χ4n) is 4.03. The van der Waals surface area contributed by atoms with Crippen LogP contribution in [0.5, 0.6) is 0 Å². The highest BCUT2D eigenvalue weighted by Crippen LogP contribution is 2.21. The number of Topliss-reactive ketones (excluding diaryl/α,β-unsaturated/α-hetero) is 1. The Morgan fingerprint density at radius 3 is 1.88 bits per heavy atom. The summed E-state index contributed by atoms with van der Waals surface area (Å²) in [4.78, 5) is 24.6. The molecule has 1 heterocycles. The zero-order chi connectivity index (χ0) is 30.6. The normalized spacial score (nSPS) is 11.1. The molecule has 0 amide bonds. The molecule has 7 nitrogen and oxygen atoms in total. The van der Waals surface area contributed by atoms with E-state index in [0.717, 1.165) is 11.1 Å². The second-order valence-electron chi connectivity index (χ2n) is 9.23. The van der Waals surface area contributed by atoms with Gasteiger partial charge in [0.05, 0.1) is 29.5 Å². The van der Waals surface area contributed by atoms with Crippen molar-refractivity contribution in [2.75, 3.05) is 0 Å². The molecule has 0 spiro atoms. The number of allylic oxidation sites excluding steroid dienone is 1. The molecule has 0 aliphatic rings. The Balaban J connectivity index is 0.000000203. The van der Waals surface area contributed by atoms with Gasteiger partial charge in [-0.05, 0) is 83.4 Å². The number of hydrogen-bond acceptors (Lipinski definition) is 6. The van der Waals surface area contributed by atoms with Crippen molar-refractivity contribution in [2.45, 2.75) is 12.5 Å². The van der Waals surface area contributed by atoms with Crippen molar-refractivity contribution in [1.29, 1.82) is 10.5 Å². The van der Waals surface area contributed by atoms with Gasteiger partial charge < -0.3 is 0 Å². The molecule has 9 heteroatoms. The van der Waals surface area contributed by atoms with Crippen LogP contribution in [-0.2, 0) is 11.2 Å². The van der Waals surface area contributed by atoms with E-state index in [1.807, 2.05) is 12.1 Å². The highest BCUT2D eigenvalue weighted by molar-refractivity contribution is 6.06. The topological polar surface area (TPSA) is 112 Å². The van der Waals surface area contributed by atoms with Gasteiger partial charge in [0.2, 0.25) is 0 Å². The molecule has 0 saturated heterocycles. The molecule has 210 valence electrons. The number of carbonyl (C=O) groups is 2. The van der Waals surface area contributed by atoms with Crippen LogP contribution >= 0.6 is 0 Å². The van der Waals surface area contributed by atoms with Gasteiger partial charge in [-0.2, -0.15) is 10.5 Å². The lowest BCUT2D eigenvalue weighted by molar-refractivity contribution is -0.120. The summed E-state index contributed by atoms with van der Waals surface area (Å²) in [6, 6.07) is 28.3. The molecule has 5 rings (SSSR count). The zero-order valence-electron chi connectivity index (χ0n) is 22.6. The summed E-state index contributed by atoms with van der Waals surface area (Å²) < 4.78 is 27.2. The van der Waals surface area contributed by atoms with E-state index in [4.69, 9.17) is 10.5 Å². The summed E-state index contributed by atoms with van der Waals surface area (Å²) in [6.45, 7) is 0. The van der Waals surface area contributed by atoms with Crippen LogP contribution in [0.1, 0.15) is 44.2 Å². The summed E-state index contributed by atoms with van der Waals surface area (Å²) in [6.07, 6.45) is 6.35. The third kappa shape index (κ3) is 8.46. The Morgan fingerprint density at radius 2 is 1.35 bits per heavy atom. The van der Waals surface area contributed by atoms with E-state index in [-0.39, 0.29) is 29.6 Å². The zero-order valence-corrected chi connectivity index (χ0v) is 22.6. The van der Waals surface area contributed by atoms with Gasteiger partial charge in [-0.3, -0.25) is 9.59 Å². The van der Waals surface area contributed by atoms with Crippen LogP contribution in [0.4, 0.5) is 8.78 Å². The second kappa shape index (κ2) is 14.5. The maximum atomic E-state index is 13.0. The van der Waals surface area contributed by atoms with Crippen molar-refractivity contribution in [2.24, 2.45) is 0 Å². The standard InChI is InChI=1S/C18H13FN4O.C16H10FNO/c19-16-7-3-13(4-8-16)11-17(24)18(23-10-9-21-22-23)15-5-1-14(12-20)2-6-15;17-15-8-6-14(7-9-15)16(19)10-5-12-1-3-13(11-18)4-2-12/h1-10,18H,11H2;1-10H. The summed E-state index contributed by atoms with van der Waals surface area (Å²) >= 11 is 0. The largest absolute Gasteiger partial charge is 0.297 e. The molecule has 4 aromatic carbocycles. The number of nitriles is 2. The van der Waals surface area contributed by atoms with Gasteiger partial charge in [-0.15, -0.1) is 5.10 Å². The van der Waals surface area contributed by atoms with Crippen LogP contribution < -0.4 is 0 Å². The lowest BCUT2D eigenvalue weighted by atomic mass is 9.97. The van der Waals surface area contributed by atoms with Gasteiger partial charge in [0.15, 0.2) is 11.6 Å². The molecule has 1 unspecified atom stereocenters. The Labute approximate surface area is 246 Å². The van der Waals surface area contributed by atoms with E-state index in [9.17, 15) is 18.4 Å². The molecule has 1 aromatic heterocycles. The van der Waals surface area contributed by atoms with Crippen LogP contribution in [0.2, 0.25) is 0 Å². The predicted octanol–water partition coefficient (Wildman–Crippen LogP) is 6.28. The van der Waals surface area contributed by atoms with Gasteiger partial charge in [-0.25, -0.2) is 13.5 Å². The van der Waals surface area contributed by atoms with Crippen LogP contribution in [0.15, 0.2) is 116 Å². The van der Waals surface area contributed by atoms with Gasteiger partial charge in [0, 0.05) is 18.2 Å². The van der Waals surface area contributed by atoms with Crippen molar-refractivity contribution < 1.29 is 18.4 Å². The fraction of sp³-hybridized carbons (Fsp3) is 0.0588. The average Bonchev–Trinajstić information content (AvgIpc) is 3.57. The van der Waals surface area contributed by atoms with Gasteiger partial charge in [-0.1, -0.05) is 47.7 Å². The van der Waals surface area contributed by atoms with Crippen LogP contribution in [-0.4, -0.2) is 26.6 Å². The van der Waals surface area contributed by atoms with Gasteiger partial charge in [0.25, 0.3) is 0 Å². The molecule has 43 heavy (non-hydrogen) atoms. The lowest BCUT2D eigenvalue weighted by Crippen LogP contribution is -2.23. The second-order valence-corrected chi connectivity index (χ2v) is 9.23. The van der Waals surface area contributed by atoms with E-state index in [1.165, 1.54) is 53.4 Å². The van der Waals surface area contributed by atoms with Gasteiger partial charge >= 0.3 is 0 Å². The Kier molecular flexibility index (Phi) is 10.1. The molecule has 0 aliphatic heterocycles. The van der Waals surface area contributed by atoms with Crippen molar-refractivity contribution in [3.05, 3.63) is 161 Å². The SMILES string of the molecule is N#Cc1ccc(C(C(=O)Cc2ccc(F)cc2)n2ccnn2)cc1.N#Cc1ccc(C=CC(=O)c2ccc(F)cc2)cc1. The van der Waals surface area contributed by atoms with Crippen molar-refractivity contribution >= 4 is 17.6 Å². The molecule has 0 aliphatic carbocycles. The molecule has 5 aromatic rings. The average molecular weight is 572 g/mol. The number of rotatable bonds is 8. The third-order valence-electron chi connectivity index (χ3n) is 6.25.